The third kappa shape index (κ3) is 3.70. The third-order valence-corrected chi connectivity index (χ3v) is 4.74. The summed E-state index contributed by atoms with van der Waals surface area (Å²) in [4.78, 5) is 34.1. The molecule has 0 aliphatic carbocycles. The molecule has 3 heterocycles. The highest BCUT2D eigenvalue weighted by Gasteiger charge is 2.26. The molecule has 8 heteroatoms. The van der Waals surface area contributed by atoms with Gasteiger partial charge in [0.15, 0.2) is 0 Å². The number of hydrogen-bond donors (Lipinski definition) is 2. The Kier molecular flexibility index (Phi) is 4.92. The number of rotatable bonds is 4. The molecule has 1 unspecified atom stereocenters. The van der Waals surface area contributed by atoms with Crippen molar-refractivity contribution in [2.75, 3.05) is 18.1 Å². The Labute approximate surface area is 138 Å². The number of imide groups is 1. The number of nitrogens with zero attached hydrogens (tertiary/aromatic N) is 3. The van der Waals surface area contributed by atoms with E-state index >= 15 is 0 Å². The van der Waals surface area contributed by atoms with Crippen LogP contribution in [0.4, 0.5) is 10.7 Å². The number of carbonyl (C=O) groups is 2. The highest BCUT2D eigenvalue weighted by Crippen LogP contribution is 2.27. The molecule has 2 aliphatic rings. The van der Waals surface area contributed by atoms with Gasteiger partial charge in [0.1, 0.15) is 0 Å². The summed E-state index contributed by atoms with van der Waals surface area (Å²) in [7, 11) is 0. The van der Waals surface area contributed by atoms with Crippen LogP contribution in [-0.4, -0.2) is 45.4 Å². The lowest BCUT2D eigenvalue weighted by atomic mass is 10.0. The van der Waals surface area contributed by atoms with Crippen LogP contribution in [0.15, 0.2) is 17.2 Å². The summed E-state index contributed by atoms with van der Waals surface area (Å²) < 4.78 is 0. The van der Waals surface area contributed by atoms with E-state index in [9.17, 15) is 14.7 Å². The highest BCUT2D eigenvalue weighted by atomic mass is 32.2. The van der Waals surface area contributed by atoms with Gasteiger partial charge in [-0.25, -0.2) is 9.97 Å². The average Bonchev–Trinajstić information content (AvgIpc) is 2.86. The van der Waals surface area contributed by atoms with Crippen LogP contribution in [0, 0.1) is 0 Å². The molecule has 2 amide bonds. The molecule has 0 radical (unpaired) electrons. The molecule has 2 fully saturated rings. The Hall–Kier alpha value is -1.93. The number of aliphatic hydroxyl groups excluding tert-OH is 1. The largest absolute Gasteiger partial charge is 0.396 e. The van der Waals surface area contributed by atoms with Crippen molar-refractivity contribution in [1.29, 1.82) is 0 Å². The second-order valence-corrected chi connectivity index (χ2v) is 6.50. The summed E-state index contributed by atoms with van der Waals surface area (Å²) in [6.07, 6.45) is 7.18. The topological polar surface area (TPSA) is 95.4 Å². The van der Waals surface area contributed by atoms with Crippen molar-refractivity contribution in [1.82, 2.24) is 15.3 Å². The van der Waals surface area contributed by atoms with Crippen LogP contribution in [0.1, 0.15) is 31.4 Å². The van der Waals surface area contributed by atoms with Gasteiger partial charge in [0.05, 0.1) is 10.6 Å². The predicted molar refractivity (Wildman–Crippen MR) is 87.8 cm³/mol. The average molecular weight is 334 g/mol. The van der Waals surface area contributed by atoms with E-state index in [1.54, 1.807) is 18.3 Å². The van der Waals surface area contributed by atoms with Crippen molar-refractivity contribution >= 4 is 34.9 Å². The minimum absolute atomic E-state index is 0.143. The van der Waals surface area contributed by atoms with Crippen LogP contribution >= 0.6 is 11.8 Å². The van der Waals surface area contributed by atoms with E-state index in [-0.39, 0.29) is 17.9 Å². The number of anilines is 1. The molecule has 2 saturated heterocycles. The Balaban J connectivity index is 1.83. The van der Waals surface area contributed by atoms with Gasteiger partial charge in [0, 0.05) is 25.4 Å². The lowest BCUT2D eigenvalue weighted by molar-refractivity contribution is -0.115. The van der Waals surface area contributed by atoms with Crippen molar-refractivity contribution in [3.8, 4) is 0 Å². The van der Waals surface area contributed by atoms with E-state index in [1.807, 2.05) is 0 Å². The number of aromatic nitrogens is 2. The third-order valence-electron chi connectivity index (χ3n) is 3.93. The molecule has 122 valence electrons. The standard InChI is InChI=1S/C15H18N4O3S/c20-8-5-11-3-1-2-7-19(11)14-16-6-4-10(17-14)9-12-13(21)18-15(22)23-12/h4,6,9,11,20H,1-3,5,7-8H2,(H,18,21,22)/b12-9-. The number of amides is 2. The van der Waals surface area contributed by atoms with E-state index in [0.29, 0.717) is 23.0 Å². The number of nitrogens with one attached hydrogen (secondary N) is 1. The first-order valence-corrected chi connectivity index (χ1v) is 8.44. The minimum Gasteiger partial charge on any atom is -0.396 e. The van der Waals surface area contributed by atoms with Gasteiger partial charge in [-0.15, -0.1) is 0 Å². The molecular weight excluding hydrogens is 316 g/mol. The molecule has 1 aromatic heterocycles. The zero-order valence-corrected chi connectivity index (χ0v) is 13.4. The summed E-state index contributed by atoms with van der Waals surface area (Å²) in [5.41, 5.74) is 0.593. The molecule has 0 bridgehead atoms. The molecular formula is C15H18N4O3S. The van der Waals surface area contributed by atoms with Gasteiger partial charge in [0.25, 0.3) is 11.1 Å². The van der Waals surface area contributed by atoms with E-state index in [4.69, 9.17) is 0 Å². The van der Waals surface area contributed by atoms with E-state index < -0.39 is 5.91 Å². The second kappa shape index (κ2) is 7.10. The lowest BCUT2D eigenvalue weighted by Crippen LogP contribution is -2.41. The first-order chi connectivity index (χ1) is 11.2. The zero-order valence-electron chi connectivity index (χ0n) is 12.6. The molecule has 2 N–H and O–H groups in total. The number of thioether (sulfide) groups is 1. The van der Waals surface area contributed by atoms with Crippen molar-refractivity contribution in [3.63, 3.8) is 0 Å². The molecule has 1 aromatic rings. The number of aliphatic hydroxyl groups is 1. The summed E-state index contributed by atoms with van der Waals surface area (Å²) in [5.74, 6) is 0.212. The van der Waals surface area contributed by atoms with Crippen molar-refractivity contribution < 1.29 is 14.7 Å². The van der Waals surface area contributed by atoms with Crippen molar-refractivity contribution in [3.05, 3.63) is 22.9 Å². The molecule has 2 aliphatic heterocycles. The zero-order chi connectivity index (χ0) is 16.2. The fraction of sp³-hybridized carbons (Fsp3) is 0.467. The highest BCUT2D eigenvalue weighted by molar-refractivity contribution is 8.18. The summed E-state index contributed by atoms with van der Waals surface area (Å²) in [6, 6.07) is 1.94. The summed E-state index contributed by atoms with van der Waals surface area (Å²) in [5, 5.41) is 11.1. The normalized spacial score (nSPS) is 23.4. The molecule has 0 aromatic carbocycles. The molecule has 23 heavy (non-hydrogen) atoms. The monoisotopic (exact) mass is 334 g/mol. The summed E-state index contributed by atoms with van der Waals surface area (Å²) >= 11 is 0.873. The Morgan fingerprint density at radius 3 is 3.04 bits per heavy atom. The minimum atomic E-state index is -0.392. The predicted octanol–water partition coefficient (Wildman–Crippen LogP) is 1.54. The maximum Gasteiger partial charge on any atom is 0.290 e. The maximum atomic E-state index is 11.6. The van der Waals surface area contributed by atoms with Gasteiger partial charge in [-0.3, -0.25) is 14.9 Å². The van der Waals surface area contributed by atoms with Crippen LogP contribution in [0.3, 0.4) is 0 Å². The van der Waals surface area contributed by atoms with Crippen LogP contribution in [0.5, 0.6) is 0 Å². The number of hydrogen-bond acceptors (Lipinski definition) is 7. The van der Waals surface area contributed by atoms with Crippen LogP contribution in [-0.2, 0) is 4.79 Å². The van der Waals surface area contributed by atoms with E-state index in [2.05, 4.69) is 20.2 Å². The lowest BCUT2D eigenvalue weighted by Gasteiger charge is -2.35. The maximum absolute atomic E-state index is 11.6. The van der Waals surface area contributed by atoms with Gasteiger partial charge < -0.3 is 10.0 Å². The smallest absolute Gasteiger partial charge is 0.290 e. The first kappa shape index (κ1) is 15.9. The molecule has 3 rings (SSSR count). The fourth-order valence-electron chi connectivity index (χ4n) is 2.85. The van der Waals surface area contributed by atoms with Crippen LogP contribution in [0.2, 0.25) is 0 Å². The van der Waals surface area contributed by atoms with Crippen LogP contribution < -0.4 is 10.2 Å². The Morgan fingerprint density at radius 2 is 2.30 bits per heavy atom. The quantitative estimate of drug-likeness (QED) is 0.806. The summed E-state index contributed by atoms with van der Waals surface area (Å²) in [6.45, 7) is 1.00. The molecule has 1 atom stereocenters. The van der Waals surface area contributed by atoms with Gasteiger partial charge in [-0.1, -0.05) is 0 Å². The van der Waals surface area contributed by atoms with Gasteiger partial charge in [-0.05, 0) is 49.6 Å². The second-order valence-electron chi connectivity index (χ2n) is 5.49. The fourth-order valence-corrected chi connectivity index (χ4v) is 3.52. The molecule has 0 saturated carbocycles. The number of piperidine rings is 1. The molecule has 7 nitrogen and oxygen atoms in total. The van der Waals surface area contributed by atoms with Gasteiger partial charge >= 0.3 is 0 Å². The molecule has 0 spiro atoms. The Bertz CT molecular complexity index is 647. The van der Waals surface area contributed by atoms with E-state index in [1.165, 1.54) is 0 Å². The SMILES string of the molecule is O=C1NC(=O)/C(=C/c2ccnc(N3CCCCC3CCO)n2)S1. The number of carbonyl (C=O) groups excluding carboxylic acids is 2. The van der Waals surface area contributed by atoms with E-state index in [0.717, 1.165) is 37.6 Å². The van der Waals surface area contributed by atoms with Crippen molar-refractivity contribution in [2.24, 2.45) is 0 Å². The van der Waals surface area contributed by atoms with Crippen molar-refractivity contribution in [2.45, 2.75) is 31.7 Å². The van der Waals surface area contributed by atoms with Gasteiger partial charge in [0.2, 0.25) is 5.95 Å². The van der Waals surface area contributed by atoms with Gasteiger partial charge in [-0.2, -0.15) is 0 Å². The first-order valence-electron chi connectivity index (χ1n) is 7.63. The van der Waals surface area contributed by atoms with Crippen LogP contribution in [0.25, 0.3) is 6.08 Å². The Morgan fingerprint density at radius 1 is 1.43 bits per heavy atom.